The van der Waals surface area contributed by atoms with E-state index in [1.165, 1.54) is 57.4 Å². The summed E-state index contributed by atoms with van der Waals surface area (Å²) in [6.07, 6.45) is 13.3. The highest BCUT2D eigenvalue weighted by Crippen LogP contribution is 2.18. The lowest BCUT2D eigenvalue weighted by atomic mass is 10.0. The Morgan fingerprint density at radius 3 is 1.74 bits per heavy atom. The van der Waals surface area contributed by atoms with E-state index in [0.29, 0.717) is 18.9 Å². The van der Waals surface area contributed by atoms with Crippen LogP contribution in [0.5, 0.6) is 0 Å². The lowest BCUT2D eigenvalue weighted by molar-refractivity contribution is 0.248. The monoisotopic (exact) mass is 400 g/mol. The second-order valence-corrected chi connectivity index (χ2v) is 8.98. The minimum Gasteiger partial charge on any atom is -0.396 e. The molecule has 0 spiro atoms. The topological polar surface area (TPSA) is 74.6 Å². The van der Waals surface area contributed by atoms with Gasteiger partial charge in [-0.25, -0.2) is 0 Å². The van der Waals surface area contributed by atoms with Gasteiger partial charge < -0.3 is 5.11 Å². The fourth-order valence-corrected chi connectivity index (χ4v) is 3.52. The zero-order chi connectivity index (χ0) is 20.5. The molecule has 27 heavy (non-hydrogen) atoms. The molecule has 1 aromatic carbocycles. The smallest absolute Gasteiger partial charge is 0.294 e. The number of hydrogen-bond donors (Lipinski definition) is 2. The van der Waals surface area contributed by atoms with Gasteiger partial charge in [0, 0.05) is 6.61 Å². The van der Waals surface area contributed by atoms with Crippen LogP contribution < -0.4 is 0 Å². The second-order valence-electron chi connectivity index (χ2n) is 7.59. The predicted octanol–water partition coefficient (Wildman–Crippen LogP) is 6.03. The molecule has 158 valence electrons. The van der Waals surface area contributed by atoms with Gasteiger partial charge in [0.2, 0.25) is 0 Å². The van der Waals surface area contributed by atoms with Crippen LogP contribution in [0.15, 0.2) is 29.2 Å². The largest absolute Gasteiger partial charge is 0.396 e. The minimum absolute atomic E-state index is 0.0610. The molecular formula is C22H40O4S. The SMILES string of the molecule is CC(C)CO.CCCCCCCCCCCCc1ccccc1S(=O)(=O)O. The third kappa shape index (κ3) is 14.8. The average molecular weight is 401 g/mol. The van der Waals surface area contributed by atoms with Crippen molar-refractivity contribution in [3.63, 3.8) is 0 Å². The third-order valence-corrected chi connectivity index (χ3v) is 5.37. The average Bonchev–Trinajstić information content (AvgIpc) is 2.63. The summed E-state index contributed by atoms with van der Waals surface area (Å²) in [5, 5.41) is 8.14. The quantitative estimate of drug-likeness (QED) is 0.313. The first-order valence-corrected chi connectivity index (χ1v) is 11.9. The molecule has 2 N–H and O–H groups in total. The molecule has 4 nitrogen and oxygen atoms in total. The van der Waals surface area contributed by atoms with Crippen LogP contribution in [0.4, 0.5) is 0 Å². The van der Waals surface area contributed by atoms with Crippen LogP contribution in [0.2, 0.25) is 0 Å². The van der Waals surface area contributed by atoms with Crippen molar-refractivity contribution >= 4 is 10.1 Å². The first-order chi connectivity index (χ1) is 12.8. The van der Waals surface area contributed by atoms with Gasteiger partial charge in [-0.05, 0) is 30.4 Å². The van der Waals surface area contributed by atoms with E-state index in [1.54, 1.807) is 12.1 Å². The Hall–Kier alpha value is -0.910. The number of benzene rings is 1. The van der Waals surface area contributed by atoms with Crippen LogP contribution in [0.25, 0.3) is 0 Å². The fraction of sp³-hybridized carbons (Fsp3) is 0.727. The molecule has 0 aromatic heterocycles. The summed E-state index contributed by atoms with van der Waals surface area (Å²) < 4.78 is 31.8. The van der Waals surface area contributed by atoms with E-state index in [4.69, 9.17) is 5.11 Å². The molecule has 0 aliphatic heterocycles. The number of unbranched alkanes of at least 4 members (excludes halogenated alkanes) is 9. The first-order valence-electron chi connectivity index (χ1n) is 10.5. The van der Waals surface area contributed by atoms with E-state index in [9.17, 15) is 13.0 Å². The van der Waals surface area contributed by atoms with Gasteiger partial charge in [-0.1, -0.05) is 96.8 Å². The molecule has 0 bridgehead atoms. The summed E-state index contributed by atoms with van der Waals surface area (Å²) in [5.74, 6) is 0.440. The molecule has 0 fully saturated rings. The van der Waals surface area contributed by atoms with Crippen LogP contribution in [-0.2, 0) is 16.5 Å². The Kier molecular flexibility index (Phi) is 15.5. The van der Waals surface area contributed by atoms with Gasteiger partial charge in [0.1, 0.15) is 0 Å². The van der Waals surface area contributed by atoms with E-state index < -0.39 is 10.1 Å². The third-order valence-electron chi connectivity index (χ3n) is 4.42. The Morgan fingerprint density at radius 1 is 0.852 bits per heavy atom. The van der Waals surface area contributed by atoms with Crippen molar-refractivity contribution in [1.82, 2.24) is 0 Å². The van der Waals surface area contributed by atoms with Gasteiger partial charge in [0.25, 0.3) is 10.1 Å². The number of rotatable bonds is 13. The molecule has 0 radical (unpaired) electrons. The fourth-order valence-electron chi connectivity index (χ4n) is 2.76. The molecule has 0 unspecified atom stereocenters. The van der Waals surface area contributed by atoms with E-state index in [-0.39, 0.29) is 4.90 Å². The first kappa shape index (κ1) is 26.1. The van der Waals surface area contributed by atoms with Crippen molar-refractivity contribution in [3.05, 3.63) is 29.8 Å². The lowest BCUT2D eigenvalue weighted by Gasteiger charge is -2.07. The molecule has 5 heteroatoms. The minimum atomic E-state index is -4.10. The molecular weight excluding hydrogens is 360 g/mol. The van der Waals surface area contributed by atoms with E-state index >= 15 is 0 Å². The van der Waals surface area contributed by atoms with Crippen molar-refractivity contribution in [2.24, 2.45) is 5.92 Å². The van der Waals surface area contributed by atoms with E-state index in [2.05, 4.69) is 6.92 Å². The molecule has 0 saturated heterocycles. The molecule has 0 aliphatic rings. The molecule has 0 amide bonds. The Morgan fingerprint density at radius 2 is 1.30 bits per heavy atom. The normalized spacial score (nSPS) is 11.3. The maximum absolute atomic E-state index is 11.3. The number of aliphatic hydroxyl groups excluding tert-OH is 1. The summed E-state index contributed by atoms with van der Waals surface area (Å²) in [6, 6.07) is 6.73. The van der Waals surface area contributed by atoms with Gasteiger partial charge in [0.15, 0.2) is 0 Å². The summed E-state index contributed by atoms with van der Waals surface area (Å²) in [5.41, 5.74) is 0.726. The molecule has 0 saturated carbocycles. The Balaban J connectivity index is 0.00000119. The van der Waals surface area contributed by atoms with Gasteiger partial charge >= 0.3 is 0 Å². The van der Waals surface area contributed by atoms with E-state index in [0.717, 1.165) is 18.4 Å². The summed E-state index contributed by atoms with van der Waals surface area (Å²) in [7, 11) is -4.10. The zero-order valence-corrected chi connectivity index (χ0v) is 18.3. The van der Waals surface area contributed by atoms with Gasteiger partial charge in [0.05, 0.1) is 4.90 Å². The molecule has 1 aromatic rings. The summed E-state index contributed by atoms with van der Waals surface area (Å²) in [4.78, 5) is 0.0610. The second kappa shape index (κ2) is 16.1. The highest BCUT2D eigenvalue weighted by molar-refractivity contribution is 7.85. The number of hydrogen-bond acceptors (Lipinski definition) is 3. The van der Waals surface area contributed by atoms with E-state index in [1.807, 2.05) is 19.9 Å². The summed E-state index contributed by atoms with van der Waals surface area (Å²) >= 11 is 0. The highest BCUT2D eigenvalue weighted by atomic mass is 32.2. The Labute approximate surface area is 167 Å². The summed E-state index contributed by atoms with van der Waals surface area (Å²) in [6.45, 7) is 6.49. The van der Waals surface area contributed by atoms with Crippen LogP contribution in [-0.4, -0.2) is 24.7 Å². The van der Waals surface area contributed by atoms with Crippen molar-refractivity contribution < 1.29 is 18.1 Å². The zero-order valence-electron chi connectivity index (χ0n) is 17.5. The van der Waals surface area contributed by atoms with Crippen molar-refractivity contribution in [2.45, 2.75) is 96.3 Å². The van der Waals surface area contributed by atoms with Crippen LogP contribution in [0.1, 0.15) is 90.5 Å². The standard InChI is InChI=1S/C18H30O3S.C4H10O/c1-2-3-4-5-6-7-8-9-10-11-14-17-15-12-13-16-18(17)22(19,20)21;1-4(2)3-5/h12-13,15-16H,2-11,14H2,1H3,(H,19,20,21);4-5H,3H2,1-2H3. The molecule has 0 heterocycles. The lowest BCUT2D eigenvalue weighted by Crippen LogP contribution is -2.03. The van der Waals surface area contributed by atoms with Crippen LogP contribution in [0, 0.1) is 5.92 Å². The van der Waals surface area contributed by atoms with Crippen LogP contribution in [0.3, 0.4) is 0 Å². The van der Waals surface area contributed by atoms with Gasteiger partial charge in [-0.2, -0.15) is 8.42 Å². The van der Waals surface area contributed by atoms with Crippen molar-refractivity contribution in [3.8, 4) is 0 Å². The molecule has 1 rings (SSSR count). The van der Waals surface area contributed by atoms with Crippen molar-refractivity contribution in [2.75, 3.05) is 6.61 Å². The Bertz CT molecular complexity index is 567. The molecule has 0 aliphatic carbocycles. The molecule has 0 atom stereocenters. The number of aryl methyl sites for hydroxylation is 1. The highest BCUT2D eigenvalue weighted by Gasteiger charge is 2.13. The predicted molar refractivity (Wildman–Crippen MR) is 114 cm³/mol. The maximum Gasteiger partial charge on any atom is 0.294 e. The van der Waals surface area contributed by atoms with Crippen molar-refractivity contribution in [1.29, 1.82) is 0 Å². The maximum atomic E-state index is 11.3. The van der Waals surface area contributed by atoms with Crippen LogP contribution >= 0.6 is 0 Å². The van der Waals surface area contributed by atoms with Gasteiger partial charge in [-0.15, -0.1) is 0 Å². The van der Waals surface area contributed by atoms with Gasteiger partial charge in [-0.3, -0.25) is 4.55 Å². The number of aliphatic hydroxyl groups is 1.